The van der Waals surface area contributed by atoms with Gasteiger partial charge in [-0.1, -0.05) is 11.6 Å². The summed E-state index contributed by atoms with van der Waals surface area (Å²) in [6.45, 7) is 3.63. The van der Waals surface area contributed by atoms with Gasteiger partial charge in [0.2, 0.25) is 10.0 Å². The van der Waals surface area contributed by atoms with E-state index in [1.807, 2.05) is 25.9 Å². The van der Waals surface area contributed by atoms with Crippen LogP contribution < -0.4 is 5.32 Å². The van der Waals surface area contributed by atoms with E-state index in [-0.39, 0.29) is 4.90 Å². The highest BCUT2D eigenvalue weighted by Gasteiger charge is 2.22. The maximum absolute atomic E-state index is 12.4. The Kier molecular flexibility index (Phi) is 6.19. The Hall–Kier alpha value is -0.890. The number of anilines is 1. The number of pyridine rings is 1. The Balaban J connectivity index is 2.95. The summed E-state index contributed by atoms with van der Waals surface area (Å²) in [5, 5.41) is 3.27. The molecule has 114 valence electrons. The van der Waals surface area contributed by atoms with Crippen molar-refractivity contribution >= 4 is 27.4 Å². The minimum atomic E-state index is -3.56. The first-order valence-corrected chi connectivity index (χ1v) is 8.11. The Labute approximate surface area is 125 Å². The third-order valence-corrected chi connectivity index (χ3v) is 4.84. The molecule has 1 rings (SSSR count). The summed E-state index contributed by atoms with van der Waals surface area (Å²) in [7, 11) is 1.78. The average molecular weight is 321 g/mol. The molecule has 0 amide bonds. The van der Waals surface area contributed by atoms with E-state index in [1.54, 1.807) is 7.05 Å². The highest BCUT2D eigenvalue weighted by atomic mass is 35.5. The van der Waals surface area contributed by atoms with Crippen LogP contribution in [0.1, 0.15) is 6.92 Å². The van der Waals surface area contributed by atoms with Gasteiger partial charge >= 0.3 is 0 Å². The first kappa shape index (κ1) is 17.2. The zero-order valence-electron chi connectivity index (χ0n) is 12.2. The lowest BCUT2D eigenvalue weighted by molar-refractivity contribution is 0.358. The number of nitrogens with zero attached hydrogens (tertiary/aromatic N) is 3. The zero-order chi connectivity index (χ0) is 15.3. The van der Waals surface area contributed by atoms with Crippen molar-refractivity contribution in [1.29, 1.82) is 0 Å². The molecule has 0 bridgehead atoms. The van der Waals surface area contributed by atoms with Crippen molar-refractivity contribution in [2.45, 2.75) is 11.8 Å². The van der Waals surface area contributed by atoms with E-state index in [9.17, 15) is 8.42 Å². The van der Waals surface area contributed by atoms with Crippen LogP contribution in [0, 0.1) is 0 Å². The first-order valence-electron chi connectivity index (χ1n) is 6.29. The van der Waals surface area contributed by atoms with Gasteiger partial charge in [0, 0.05) is 32.9 Å². The van der Waals surface area contributed by atoms with Crippen molar-refractivity contribution < 1.29 is 8.42 Å². The minimum absolute atomic E-state index is 0.102. The molecule has 0 saturated heterocycles. The fourth-order valence-corrected chi connectivity index (χ4v) is 2.93. The van der Waals surface area contributed by atoms with Crippen molar-refractivity contribution in [1.82, 2.24) is 14.2 Å². The minimum Gasteiger partial charge on any atom is -0.369 e. The molecule has 6 nitrogen and oxygen atoms in total. The molecule has 0 aliphatic heterocycles. The van der Waals surface area contributed by atoms with E-state index in [2.05, 4.69) is 10.3 Å². The maximum Gasteiger partial charge on any atom is 0.244 e. The third kappa shape index (κ3) is 4.31. The Morgan fingerprint density at radius 1 is 1.30 bits per heavy atom. The van der Waals surface area contributed by atoms with Gasteiger partial charge in [-0.2, -0.15) is 4.31 Å². The molecule has 1 N–H and O–H groups in total. The number of likely N-dealkylation sites (N-methyl/N-ethyl adjacent to an activating group) is 2. The Bertz CT molecular complexity index is 548. The average Bonchev–Trinajstić information content (AvgIpc) is 2.38. The third-order valence-electron chi connectivity index (χ3n) is 2.73. The van der Waals surface area contributed by atoms with Crippen molar-refractivity contribution in [3.63, 3.8) is 0 Å². The molecule has 0 fully saturated rings. The lowest BCUT2D eigenvalue weighted by Crippen LogP contribution is -2.33. The van der Waals surface area contributed by atoms with Gasteiger partial charge in [-0.25, -0.2) is 13.4 Å². The van der Waals surface area contributed by atoms with Crippen molar-refractivity contribution in [2.24, 2.45) is 0 Å². The molecule has 0 unspecified atom stereocenters. The van der Waals surface area contributed by atoms with E-state index in [1.165, 1.54) is 16.6 Å². The predicted molar refractivity (Wildman–Crippen MR) is 81.8 cm³/mol. The predicted octanol–water partition coefficient (Wildman–Crippen LogP) is 1.35. The summed E-state index contributed by atoms with van der Waals surface area (Å²) in [6.07, 6.45) is 1.32. The molecule has 0 radical (unpaired) electrons. The Morgan fingerprint density at radius 3 is 2.45 bits per heavy atom. The summed E-state index contributed by atoms with van der Waals surface area (Å²) in [4.78, 5) is 6.08. The molecule has 0 atom stereocenters. The SMILES string of the molecule is CCNc1ncc(S(=O)(=O)N(C)CCN(C)C)cc1Cl. The van der Waals surface area contributed by atoms with Gasteiger partial charge in [0.25, 0.3) is 0 Å². The van der Waals surface area contributed by atoms with Gasteiger partial charge in [0.05, 0.1) is 5.02 Å². The quantitative estimate of drug-likeness (QED) is 0.821. The lowest BCUT2D eigenvalue weighted by Gasteiger charge is -2.19. The second kappa shape index (κ2) is 7.21. The van der Waals surface area contributed by atoms with Crippen molar-refractivity contribution in [3.05, 3.63) is 17.3 Å². The second-order valence-corrected chi connectivity index (χ2v) is 7.11. The van der Waals surface area contributed by atoms with E-state index < -0.39 is 10.0 Å². The van der Waals surface area contributed by atoms with E-state index in [4.69, 9.17) is 11.6 Å². The fraction of sp³-hybridized carbons (Fsp3) is 0.583. The number of hydrogen-bond donors (Lipinski definition) is 1. The molecule has 8 heteroatoms. The van der Waals surface area contributed by atoms with Crippen LogP contribution in [0.2, 0.25) is 5.02 Å². The summed E-state index contributed by atoms with van der Waals surface area (Å²) >= 11 is 6.03. The highest BCUT2D eigenvalue weighted by molar-refractivity contribution is 7.89. The second-order valence-electron chi connectivity index (χ2n) is 4.66. The molecule has 0 aliphatic carbocycles. The zero-order valence-corrected chi connectivity index (χ0v) is 13.8. The summed E-state index contributed by atoms with van der Waals surface area (Å²) in [5.41, 5.74) is 0. The first-order chi connectivity index (χ1) is 9.28. The molecule has 0 spiro atoms. The summed E-state index contributed by atoms with van der Waals surface area (Å²) in [5.74, 6) is 0.490. The van der Waals surface area contributed by atoms with Crippen LogP contribution in [0.4, 0.5) is 5.82 Å². The molecular formula is C12H21ClN4O2S. The number of nitrogens with one attached hydrogen (secondary N) is 1. The normalized spacial score (nSPS) is 12.2. The maximum atomic E-state index is 12.4. The van der Waals surface area contributed by atoms with Crippen LogP contribution in [0.3, 0.4) is 0 Å². The van der Waals surface area contributed by atoms with Crippen LogP contribution in [0.15, 0.2) is 17.2 Å². The van der Waals surface area contributed by atoms with Gasteiger partial charge in [-0.05, 0) is 27.1 Å². The van der Waals surface area contributed by atoms with Gasteiger partial charge in [-0.3, -0.25) is 0 Å². The number of rotatable bonds is 7. The summed E-state index contributed by atoms with van der Waals surface area (Å²) in [6, 6.07) is 1.42. The number of aromatic nitrogens is 1. The van der Waals surface area contributed by atoms with Crippen LogP contribution in [-0.4, -0.2) is 63.4 Å². The molecule has 1 heterocycles. The number of sulfonamides is 1. The molecule has 20 heavy (non-hydrogen) atoms. The molecule has 0 aliphatic rings. The molecule has 0 saturated carbocycles. The van der Waals surface area contributed by atoms with E-state index in [0.29, 0.717) is 30.5 Å². The molecule has 1 aromatic heterocycles. The fourth-order valence-electron chi connectivity index (χ4n) is 1.50. The van der Waals surface area contributed by atoms with E-state index >= 15 is 0 Å². The van der Waals surface area contributed by atoms with Gasteiger partial charge in [0.1, 0.15) is 10.7 Å². The van der Waals surface area contributed by atoms with Gasteiger partial charge < -0.3 is 10.2 Å². The molecule has 1 aromatic rings. The van der Waals surface area contributed by atoms with Crippen LogP contribution in [0.5, 0.6) is 0 Å². The number of halogens is 1. The lowest BCUT2D eigenvalue weighted by atomic mass is 10.4. The molecule has 0 aromatic carbocycles. The number of hydrogen-bond acceptors (Lipinski definition) is 5. The summed E-state index contributed by atoms with van der Waals surface area (Å²) < 4.78 is 26.0. The smallest absolute Gasteiger partial charge is 0.244 e. The molecular weight excluding hydrogens is 300 g/mol. The standard InChI is InChI=1S/C12H21ClN4O2S/c1-5-14-12-11(13)8-10(9-15-12)20(18,19)17(4)7-6-16(2)3/h8-9H,5-7H2,1-4H3,(H,14,15). The van der Waals surface area contributed by atoms with E-state index in [0.717, 1.165) is 0 Å². The van der Waals surface area contributed by atoms with Crippen molar-refractivity contribution in [2.75, 3.05) is 46.1 Å². The topological polar surface area (TPSA) is 65.5 Å². The van der Waals surface area contributed by atoms with Gasteiger partial charge in [-0.15, -0.1) is 0 Å². The van der Waals surface area contributed by atoms with Crippen LogP contribution >= 0.6 is 11.6 Å². The monoisotopic (exact) mass is 320 g/mol. The highest BCUT2D eigenvalue weighted by Crippen LogP contribution is 2.23. The van der Waals surface area contributed by atoms with Crippen LogP contribution in [-0.2, 0) is 10.0 Å². The van der Waals surface area contributed by atoms with Crippen LogP contribution in [0.25, 0.3) is 0 Å². The Morgan fingerprint density at radius 2 is 1.95 bits per heavy atom. The van der Waals surface area contributed by atoms with Crippen molar-refractivity contribution in [3.8, 4) is 0 Å². The largest absolute Gasteiger partial charge is 0.369 e. The van der Waals surface area contributed by atoms with Gasteiger partial charge in [0.15, 0.2) is 0 Å².